The third-order valence-electron chi connectivity index (χ3n) is 3.49. The van der Waals surface area contributed by atoms with E-state index in [4.69, 9.17) is 4.74 Å². The van der Waals surface area contributed by atoms with Crippen LogP contribution in [-0.4, -0.2) is 46.0 Å². The molecule has 3 rings (SSSR count). The number of amides is 1. The molecule has 0 saturated heterocycles. The second-order valence-corrected chi connectivity index (χ2v) is 6.29. The van der Waals surface area contributed by atoms with E-state index in [9.17, 15) is 9.59 Å². The van der Waals surface area contributed by atoms with Crippen LogP contribution in [0.2, 0.25) is 0 Å². The van der Waals surface area contributed by atoms with Crippen LogP contribution in [0.5, 0.6) is 0 Å². The average Bonchev–Trinajstić information content (AvgIpc) is 3.36. The first-order valence-corrected chi connectivity index (χ1v) is 8.44. The standard InChI is InChI=1S/C15H18N4O3S/c1-22-8-7-19-14(21)11-3-2-6-16-13(11)18-15(19)23-9-12(20)17-10-4-5-10/h2-3,6,10H,4-5,7-9H2,1H3,(H,17,20). The number of nitrogens with one attached hydrogen (secondary N) is 1. The molecule has 1 aliphatic rings. The van der Waals surface area contributed by atoms with Crippen molar-refractivity contribution in [2.24, 2.45) is 0 Å². The third kappa shape index (κ3) is 3.89. The van der Waals surface area contributed by atoms with Crippen LogP contribution in [0.3, 0.4) is 0 Å². The summed E-state index contributed by atoms with van der Waals surface area (Å²) in [5, 5.41) is 3.88. The summed E-state index contributed by atoms with van der Waals surface area (Å²) in [5.74, 6) is 0.194. The van der Waals surface area contributed by atoms with Gasteiger partial charge < -0.3 is 10.1 Å². The lowest BCUT2D eigenvalue weighted by Crippen LogP contribution is -2.29. The van der Waals surface area contributed by atoms with Gasteiger partial charge in [-0.3, -0.25) is 14.2 Å². The molecule has 2 heterocycles. The number of fused-ring (bicyclic) bond motifs is 1. The molecule has 0 radical (unpaired) electrons. The molecular weight excluding hydrogens is 316 g/mol. The zero-order valence-corrected chi connectivity index (χ0v) is 13.6. The Bertz CT molecular complexity index is 773. The third-order valence-corrected chi connectivity index (χ3v) is 4.46. The van der Waals surface area contributed by atoms with Gasteiger partial charge in [0.15, 0.2) is 10.8 Å². The Balaban J connectivity index is 1.86. The van der Waals surface area contributed by atoms with E-state index in [-0.39, 0.29) is 17.2 Å². The SMILES string of the molecule is COCCn1c(SCC(=O)NC2CC2)nc2ncccc2c1=O. The molecule has 8 heteroatoms. The van der Waals surface area contributed by atoms with Gasteiger partial charge in [-0.15, -0.1) is 0 Å². The average molecular weight is 334 g/mol. The van der Waals surface area contributed by atoms with E-state index in [1.807, 2.05) is 0 Å². The van der Waals surface area contributed by atoms with E-state index >= 15 is 0 Å². The highest BCUT2D eigenvalue weighted by molar-refractivity contribution is 7.99. The molecule has 1 N–H and O–H groups in total. The van der Waals surface area contributed by atoms with E-state index in [1.165, 1.54) is 11.8 Å². The Morgan fingerprint density at radius 3 is 3.09 bits per heavy atom. The first-order chi connectivity index (χ1) is 11.2. The van der Waals surface area contributed by atoms with Crippen LogP contribution in [0.25, 0.3) is 11.0 Å². The Morgan fingerprint density at radius 2 is 2.35 bits per heavy atom. The van der Waals surface area contributed by atoms with Gasteiger partial charge in [-0.1, -0.05) is 11.8 Å². The monoisotopic (exact) mass is 334 g/mol. The molecule has 0 aliphatic heterocycles. The predicted molar refractivity (Wildman–Crippen MR) is 87.6 cm³/mol. The second-order valence-electron chi connectivity index (χ2n) is 5.35. The summed E-state index contributed by atoms with van der Waals surface area (Å²) in [6, 6.07) is 3.74. The van der Waals surface area contributed by atoms with E-state index in [2.05, 4.69) is 15.3 Å². The zero-order chi connectivity index (χ0) is 16.2. The molecule has 1 fully saturated rings. The first-order valence-electron chi connectivity index (χ1n) is 7.45. The summed E-state index contributed by atoms with van der Waals surface area (Å²) in [6.45, 7) is 0.787. The molecule has 23 heavy (non-hydrogen) atoms. The van der Waals surface area contributed by atoms with Crippen LogP contribution in [-0.2, 0) is 16.1 Å². The zero-order valence-electron chi connectivity index (χ0n) is 12.8. The summed E-state index contributed by atoms with van der Waals surface area (Å²) < 4.78 is 6.61. The van der Waals surface area contributed by atoms with Gasteiger partial charge >= 0.3 is 0 Å². The minimum atomic E-state index is -0.162. The summed E-state index contributed by atoms with van der Waals surface area (Å²) in [5.41, 5.74) is 0.238. The molecule has 1 saturated carbocycles. The molecular formula is C15H18N4O3S. The number of carbonyl (C=O) groups is 1. The number of pyridine rings is 1. The number of ether oxygens (including phenoxy) is 1. The molecule has 1 aliphatic carbocycles. The number of hydrogen-bond acceptors (Lipinski definition) is 6. The number of carbonyl (C=O) groups excluding carboxylic acids is 1. The smallest absolute Gasteiger partial charge is 0.263 e. The van der Waals surface area contributed by atoms with Crippen LogP contribution in [0, 0.1) is 0 Å². The van der Waals surface area contributed by atoms with Crippen molar-refractivity contribution in [1.82, 2.24) is 19.9 Å². The fraction of sp³-hybridized carbons (Fsp3) is 0.467. The van der Waals surface area contributed by atoms with Crippen molar-refractivity contribution in [3.8, 4) is 0 Å². The Kier molecular flexibility index (Phi) is 4.92. The molecule has 0 unspecified atom stereocenters. The molecule has 0 atom stereocenters. The Hall–Kier alpha value is -1.93. The summed E-state index contributed by atoms with van der Waals surface area (Å²) in [4.78, 5) is 33.0. The van der Waals surface area contributed by atoms with Gasteiger partial charge in [0.25, 0.3) is 5.56 Å². The van der Waals surface area contributed by atoms with Gasteiger partial charge in [0, 0.05) is 19.3 Å². The number of thioether (sulfide) groups is 1. The molecule has 1 amide bonds. The quantitative estimate of drug-likeness (QED) is 0.596. The molecule has 7 nitrogen and oxygen atoms in total. The van der Waals surface area contributed by atoms with Crippen LogP contribution < -0.4 is 10.9 Å². The van der Waals surface area contributed by atoms with Crippen molar-refractivity contribution in [2.45, 2.75) is 30.6 Å². The van der Waals surface area contributed by atoms with Crippen LogP contribution >= 0.6 is 11.8 Å². The molecule has 0 aromatic carbocycles. The number of aromatic nitrogens is 3. The Labute approximate surface area is 137 Å². The minimum absolute atomic E-state index is 0.0360. The number of methoxy groups -OCH3 is 1. The highest BCUT2D eigenvalue weighted by atomic mass is 32.2. The van der Waals surface area contributed by atoms with Gasteiger partial charge in [0.05, 0.1) is 24.3 Å². The fourth-order valence-corrected chi connectivity index (χ4v) is 2.98. The molecule has 0 spiro atoms. The number of nitrogens with zero attached hydrogens (tertiary/aromatic N) is 3. The van der Waals surface area contributed by atoms with Gasteiger partial charge in [0.1, 0.15) is 0 Å². The maximum atomic E-state index is 12.6. The van der Waals surface area contributed by atoms with Crippen LogP contribution in [0.15, 0.2) is 28.3 Å². The van der Waals surface area contributed by atoms with Crippen molar-refractivity contribution in [2.75, 3.05) is 19.5 Å². The lowest BCUT2D eigenvalue weighted by atomic mass is 10.3. The summed E-state index contributed by atoms with van der Waals surface area (Å²) in [6.07, 6.45) is 3.70. The predicted octanol–water partition coefficient (Wildman–Crippen LogP) is 0.809. The largest absolute Gasteiger partial charge is 0.383 e. The molecule has 2 aromatic rings. The summed E-state index contributed by atoms with van der Waals surface area (Å²) >= 11 is 1.25. The minimum Gasteiger partial charge on any atom is -0.383 e. The van der Waals surface area contributed by atoms with E-state index in [0.29, 0.717) is 35.4 Å². The van der Waals surface area contributed by atoms with Gasteiger partial charge in [-0.2, -0.15) is 0 Å². The first kappa shape index (κ1) is 15.9. The maximum Gasteiger partial charge on any atom is 0.263 e. The normalized spacial score (nSPS) is 14.1. The summed E-state index contributed by atoms with van der Waals surface area (Å²) in [7, 11) is 1.58. The van der Waals surface area contributed by atoms with Gasteiger partial charge in [0.2, 0.25) is 5.91 Å². The van der Waals surface area contributed by atoms with E-state index < -0.39 is 0 Å². The van der Waals surface area contributed by atoms with Gasteiger partial charge in [-0.05, 0) is 25.0 Å². The lowest BCUT2D eigenvalue weighted by Gasteiger charge is -2.12. The molecule has 0 bridgehead atoms. The van der Waals surface area contributed by atoms with E-state index in [0.717, 1.165) is 12.8 Å². The molecule has 122 valence electrons. The van der Waals surface area contributed by atoms with Crippen molar-refractivity contribution in [1.29, 1.82) is 0 Å². The van der Waals surface area contributed by atoms with Crippen molar-refractivity contribution in [3.05, 3.63) is 28.7 Å². The second kappa shape index (κ2) is 7.10. The van der Waals surface area contributed by atoms with Crippen molar-refractivity contribution < 1.29 is 9.53 Å². The van der Waals surface area contributed by atoms with Gasteiger partial charge in [-0.25, -0.2) is 9.97 Å². The molecule has 2 aromatic heterocycles. The van der Waals surface area contributed by atoms with Crippen LogP contribution in [0.1, 0.15) is 12.8 Å². The van der Waals surface area contributed by atoms with Crippen LogP contribution in [0.4, 0.5) is 0 Å². The fourth-order valence-electron chi connectivity index (χ4n) is 2.15. The topological polar surface area (TPSA) is 86.1 Å². The van der Waals surface area contributed by atoms with E-state index in [1.54, 1.807) is 30.0 Å². The van der Waals surface area contributed by atoms with Crippen molar-refractivity contribution in [3.63, 3.8) is 0 Å². The van der Waals surface area contributed by atoms with Crippen molar-refractivity contribution >= 4 is 28.7 Å². The highest BCUT2D eigenvalue weighted by Crippen LogP contribution is 2.20. The Morgan fingerprint density at radius 1 is 1.52 bits per heavy atom. The lowest BCUT2D eigenvalue weighted by molar-refractivity contribution is -0.118. The number of hydrogen-bond donors (Lipinski definition) is 1. The highest BCUT2D eigenvalue weighted by Gasteiger charge is 2.23. The number of rotatable bonds is 7. The maximum absolute atomic E-state index is 12.6.